The molecule has 1 heterocycles. The Hall–Kier alpha value is -0.610. The molecule has 0 bridgehead atoms. The molecular weight excluding hydrogens is 182 g/mol. The largest absolute Gasteiger partial charge is 0.320 e. The number of aromatic nitrogens is 2. The smallest absolute Gasteiger partial charge is 0.117 e. The van der Waals surface area contributed by atoms with Crippen LogP contribution in [0.15, 0.2) is 17.4 Å². The monoisotopic (exact) mass is 195 g/mol. The zero-order chi connectivity index (χ0) is 9.31. The van der Waals surface area contributed by atoms with Crippen molar-refractivity contribution in [1.29, 1.82) is 0 Å². The van der Waals surface area contributed by atoms with E-state index in [2.05, 4.69) is 9.97 Å². The maximum atomic E-state index is 6.15. The second-order valence-corrected chi connectivity index (χ2v) is 4.28. The minimum absolute atomic E-state index is 0.159. The van der Waals surface area contributed by atoms with Gasteiger partial charge in [-0.05, 0) is 31.6 Å². The minimum Gasteiger partial charge on any atom is -0.320 e. The van der Waals surface area contributed by atoms with E-state index in [1.165, 1.54) is 6.42 Å². The molecule has 0 amide bonds. The summed E-state index contributed by atoms with van der Waals surface area (Å²) in [5, 5.41) is 1.00. The molecule has 2 N–H and O–H groups in total. The second-order valence-electron chi connectivity index (χ2n) is 3.46. The van der Waals surface area contributed by atoms with Crippen LogP contribution in [0.25, 0.3) is 0 Å². The molecule has 1 saturated carbocycles. The number of nitrogens with zero attached hydrogens (tertiary/aromatic N) is 2. The van der Waals surface area contributed by atoms with Crippen molar-refractivity contribution in [3.8, 4) is 0 Å². The van der Waals surface area contributed by atoms with Crippen molar-refractivity contribution in [3.63, 3.8) is 0 Å². The topological polar surface area (TPSA) is 51.8 Å². The van der Waals surface area contributed by atoms with Crippen molar-refractivity contribution >= 4 is 11.8 Å². The van der Waals surface area contributed by atoms with Gasteiger partial charge in [0.2, 0.25) is 0 Å². The Kier molecular flexibility index (Phi) is 2.26. The Morgan fingerprint density at radius 3 is 2.77 bits per heavy atom. The normalized spacial score (nSPS) is 19.5. The van der Waals surface area contributed by atoms with Gasteiger partial charge in [0, 0.05) is 0 Å². The van der Waals surface area contributed by atoms with Crippen LogP contribution in [0.1, 0.15) is 25.0 Å². The number of nitrogens with two attached hydrogens (primary N) is 1. The first-order chi connectivity index (χ1) is 6.24. The zero-order valence-electron chi connectivity index (χ0n) is 7.66. The van der Waals surface area contributed by atoms with Crippen molar-refractivity contribution in [2.24, 2.45) is 5.73 Å². The minimum atomic E-state index is -0.159. The van der Waals surface area contributed by atoms with Crippen LogP contribution in [0.4, 0.5) is 0 Å². The molecule has 1 aromatic heterocycles. The maximum absolute atomic E-state index is 6.15. The fraction of sp³-hybridized carbons (Fsp3) is 0.556. The summed E-state index contributed by atoms with van der Waals surface area (Å²) in [4.78, 5) is 8.36. The summed E-state index contributed by atoms with van der Waals surface area (Å²) in [6.45, 7) is 0. The van der Waals surface area contributed by atoms with Crippen LogP contribution in [-0.2, 0) is 5.54 Å². The summed E-state index contributed by atoms with van der Waals surface area (Å²) in [6, 6.07) is 2.00. The summed E-state index contributed by atoms with van der Waals surface area (Å²) >= 11 is 1.63. The molecular formula is C9H13N3S. The third-order valence-electron chi connectivity index (χ3n) is 2.61. The van der Waals surface area contributed by atoms with Crippen molar-refractivity contribution in [2.75, 3.05) is 6.26 Å². The van der Waals surface area contributed by atoms with E-state index in [9.17, 15) is 0 Å². The van der Waals surface area contributed by atoms with Crippen molar-refractivity contribution < 1.29 is 0 Å². The first-order valence-corrected chi connectivity index (χ1v) is 5.62. The Labute approximate surface area is 82.2 Å². The highest BCUT2D eigenvalue weighted by Gasteiger charge is 2.35. The first-order valence-electron chi connectivity index (χ1n) is 4.40. The van der Waals surface area contributed by atoms with E-state index in [4.69, 9.17) is 5.73 Å². The number of hydrogen-bond donors (Lipinski definition) is 1. The lowest BCUT2D eigenvalue weighted by Crippen LogP contribution is -2.44. The number of hydrogen-bond acceptors (Lipinski definition) is 4. The highest BCUT2D eigenvalue weighted by atomic mass is 32.2. The molecule has 0 aromatic carbocycles. The SMILES string of the molecule is CSc1cc(C2(N)CCC2)ncn1. The third-order valence-corrected chi connectivity index (χ3v) is 3.25. The van der Waals surface area contributed by atoms with Crippen LogP contribution in [0, 0.1) is 0 Å². The second kappa shape index (κ2) is 3.27. The summed E-state index contributed by atoms with van der Waals surface area (Å²) in [5.41, 5.74) is 6.99. The van der Waals surface area contributed by atoms with Gasteiger partial charge in [0.1, 0.15) is 6.33 Å². The molecule has 13 heavy (non-hydrogen) atoms. The fourth-order valence-electron chi connectivity index (χ4n) is 1.54. The van der Waals surface area contributed by atoms with E-state index in [0.717, 1.165) is 23.6 Å². The van der Waals surface area contributed by atoms with E-state index in [1.807, 2.05) is 12.3 Å². The molecule has 0 spiro atoms. The van der Waals surface area contributed by atoms with Crippen LogP contribution in [0.3, 0.4) is 0 Å². The van der Waals surface area contributed by atoms with E-state index >= 15 is 0 Å². The lowest BCUT2D eigenvalue weighted by atomic mass is 9.75. The molecule has 1 fully saturated rings. The van der Waals surface area contributed by atoms with Crippen molar-refractivity contribution in [2.45, 2.75) is 29.8 Å². The van der Waals surface area contributed by atoms with Gasteiger partial charge in [-0.3, -0.25) is 0 Å². The lowest BCUT2D eigenvalue weighted by molar-refractivity contribution is 0.245. The van der Waals surface area contributed by atoms with Gasteiger partial charge in [-0.1, -0.05) is 0 Å². The average Bonchev–Trinajstić information content (AvgIpc) is 2.14. The number of thioether (sulfide) groups is 1. The van der Waals surface area contributed by atoms with Crippen molar-refractivity contribution in [3.05, 3.63) is 18.1 Å². The predicted octanol–water partition coefficient (Wildman–Crippen LogP) is 1.54. The average molecular weight is 195 g/mol. The summed E-state index contributed by atoms with van der Waals surface area (Å²) < 4.78 is 0. The van der Waals surface area contributed by atoms with Crippen LogP contribution < -0.4 is 5.73 Å². The lowest BCUT2D eigenvalue weighted by Gasteiger charge is -2.37. The predicted molar refractivity (Wildman–Crippen MR) is 53.5 cm³/mol. The molecule has 2 rings (SSSR count). The molecule has 70 valence electrons. The van der Waals surface area contributed by atoms with Gasteiger partial charge in [0.15, 0.2) is 0 Å². The molecule has 0 unspecified atom stereocenters. The van der Waals surface area contributed by atoms with E-state index < -0.39 is 0 Å². The highest BCUT2D eigenvalue weighted by molar-refractivity contribution is 7.98. The molecule has 0 aliphatic heterocycles. The van der Waals surface area contributed by atoms with Gasteiger partial charge < -0.3 is 5.73 Å². The Morgan fingerprint density at radius 1 is 1.46 bits per heavy atom. The van der Waals surface area contributed by atoms with Crippen LogP contribution in [0.2, 0.25) is 0 Å². The Bertz CT molecular complexity index is 309. The summed E-state index contributed by atoms with van der Waals surface area (Å²) in [7, 11) is 0. The molecule has 4 heteroatoms. The summed E-state index contributed by atoms with van der Waals surface area (Å²) in [6.07, 6.45) is 6.94. The Balaban J connectivity index is 2.29. The van der Waals surface area contributed by atoms with Gasteiger partial charge in [0.25, 0.3) is 0 Å². The maximum Gasteiger partial charge on any atom is 0.117 e. The van der Waals surface area contributed by atoms with Gasteiger partial charge in [-0.15, -0.1) is 11.8 Å². The van der Waals surface area contributed by atoms with E-state index in [-0.39, 0.29) is 5.54 Å². The Morgan fingerprint density at radius 2 is 2.23 bits per heavy atom. The van der Waals surface area contributed by atoms with E-state index in [1.54, 1.807) is 18.1 Å². The number of rotatable bonds is 2. The highest BCUT2D eigenvalue weighted by Crippen LogP contribution is 2.37. The molecule has 3 nitrogen and oxygen atoms in total. The molecule has 0 saturated heterocycles. The molecule has 1 aliphatic rings. The summed E-state index contributed by atoms with van der Waals surface area (Å²) in [5.74, 6) is 0. The van der Waals surface area contributed by atoms with Crippen LogP contribution >= 0.6 is 11.8 Å². The molecule has 0 atom stereocenters. The van der Waals surface area contributed by atoms with Crippen LogP contribution in [-0.4, -0.2) is 16.2 Å². The zero-order valence-corrected chi connectivity index (χ0v) is 8.47. The van der Waals surface area contributed by atoms with Gasteiger partial charge in [-0.25, -0.2) is 9.97 Å². The molecule has 1 aromatic rings. The van der Waals surface area contributed by atoms with Gasteiger partial charge in [-0.2, -0.15) is 0 Å². The van der Waals surface area contributed by atoms with Gasteiger partial charge >= 0.3 is 0 Å². The quantitative estimate of drug-likeness (QED) is 0.574. The third kappa shape index (κ3) is 1.56. The van der Waals surface area contributed by atoms with Crippen molar-refractivity contribution in [1.82, 2.24) is 9.97 Å². The van der Waals surface area contributed by atoms with Gasteiger partial charge in [0.05, 0.1) is 16.3 Å². The van der Waals surface area contributed by atoms with Crippen LogP contribution in [0.5, 0.6) is 0 Å². The molecule has 1 aliphatic carbocycles. The molecule has 0 radical (unpaired) electrons. The van der Waals surface area contributed by atoms with E-state index in [0.29, 0.717) is 0 Å². The standard InChI is InChI=1S/C9H13N3S/c1-13-8-5-7(11-6-12-8)9(10)3-2-4-9/h5-6H,2-4,10H2,1H3. The first kappa shape index (κ1) is 8.97. The fourth-order valence-corrected chi connectivity index (χ4v) is 1.92.